The second-order valence-electron chi connectivity index (χ2n) is 6.52. The normalized spacial score (nSPS) is 17.4. The fraction of sp³-hybridized carbons (Fsp3) is 0.421. The zero-order valence-electron chi connectivity index (χ0n) is 14.5. The summed E-state index contributed by atoms with van der Waals surface area (Å²) in [5.74, 6) is 0.0525. The molecule has 1 aromatic carbocycles. The predicted octanol–water partition coefficient (Wildman–Crippen LogP) is 3.05. The highest BCUT2D eigenvalue weighted by Crippen LogP contribution is 2.23. The summed E-state index contributed by atoms with van der Waals surface area (Å²) in [5.41, 5.74) is 2.27. The first-order chi connectivity index (χ1) is 12.1. The van der Waals surface area contributed by atoms with Crippen molar-refractivity contribution in [3.05, 3.63) is 57.2 Å². The first-order valence-corrected chi connectivity index (χ1v) is 9.90. The first kappa shape index (κ1) is 18.4. The van der Waals surface area contributed by atoms with Gasteiger partial charge in [-0.05, 0) is 47.1 Å². The fourth-order valence-electron chi connectivity index (χ4n) is 3.12. The molecule has 0 saturated carbocycles. The third-order valence-electron chi connectivity index (χ3n) is 4.68. The number of benzene rings is 1. The molecule has 1 fully saturated rings. The third-order valence-corrected chi connectivity index (χ3v) is 5.63. The summed E-state index contributed by atoms with van der Waals surface area (Å²) in [6, 6.07) is 9.86. The average molecular weight is 378 g/mol. The van der Waals surface area contributed by atoms with Crippen molar-refractivity contribution < 1.29 is 4.79 Å². The third kappa shape index (κ3) is 5.28. The Hall–Kier alpha value is -1.40. The lowest BCUT2D eigenvalue weighted by atomic mass is 10.1. The van der Waals surface area contributed by atoms with Crippen molar-refractivity contribution in [3.8, 4) is 0 Å². The number of hydrogen-bond donors (Lipinski definition) is 1. The summed E-state index contributed by atoms with van der Waals surface area (Å²) in [6.07, 6.45) is 0.385. The molecule has 1 N–H and O–H groups in total. The summed E-state index contributed by atoms with van der Waals surface area (Å²) < 4.78 is 0. The van der Waals surface area contributed by atoms with Crippen LogP contribution in [0.1, 0.15) is 17.2 Å². The highest BCUT2D eigenvalue weighted by molar-refractivity contribution is 7.07. The van der Waals surface area contributed by atoms with Gasteiger partial charge in [0.05, 0.1) is 12.5 Å². The molecule has 0 aliphatic carbocycles. The van der Waals surface area contributed by atoms with Crippen LogP contribution in [0.5, 0.6) is 0 Å². The number of amides is 1. The van der Waals surface area contributed by atoms with Crippen LogP contribution >= 0.6 is 22.9 Å². The molecule has 3 rings (SSSR count). The smallest absolute Gasteiger partial charge is 0.224 e. The van der Waals surface area contributed by atoms with Crippen molar-refractivity contribution in [2.75, 3.05) is 39.8 Å². The van der Waals surface area contributed by atoms with Crippen molar-refractivity contribution in [1.29, 1.82) is 0 Å². The average Bonchev–Trinajstić information content (AvgIpc) is 3.13. The van der Waals surface area contributed by atoms with Crippen molar-refractivity contribution in [2.24, 2.45) is 0 Å². The molecule has 0 bridgehead atoms. The number of likely N-dealkylation sites (N-methyl/N-ethyl adjacent to an activating group) is 1. The standard InChI is InChI=1S/C19H24ClN3OS/c1-22-7-9-23(10-8-22)18(16-6-11-25-14-16)13-21-19(24)12-15-2-4-17(20)5-3-15/h2-6,11,14,18H,7-10,12-13H2,1H3,(H,21,24)/t18-/m1/s1. The van der Waals surface area contributed by atoms with E-state index in [0.29, 0.717) is 18.0 Å². The summed E-state index contributed by atoms with van der Waals surface area (Å²) in [7, 11) is 2.16. The maximum absolute atomic E-state index is 12.3. The Bertz CT molecular complexity index is 666. The minimum atomic E-state index is 0.0525. The number of nitrogens with zero attached hydrogens (tertiary/aromatic N) is 2. The van der Waals surface area contributed by atoms with E-state index in [1.54, 1.807) is 11.3 Å². The molecule has 1 amide bonds. The maximum atomic E-state index is 12.3. The molecule has 4 nitrogen and oxygen atoms in total. The molecule has 25 heavy (non-hydrogen) atoms. The van der Waals surface area contributed by atoms with Gasteiger partial charge in [-0.1, -0.05) is 23.7 Å². The van der Waals surface area contributed by atoms with E-state index in [4.69, 9.17) is 11.6 Å². The van der Waals surface area contributed by atoms with Gasteiger partial charge < -0.3 is 10.2 Å². The minimum Gasteiger partial charge on any atom is -0.354 e. The van der Waals surface area contributed by atoms with E-state index in [1.165, 1.54) is 5.56 Å². The van der Waals surface area contributed by atoms with Crippen LogP contribution in [-0.2, 0) is 11.2 Å². The Kier molecular flexibility index (Phi) is 6.48. The van der Waals surface area contributed by atoms with Crippen molar-refractivity contribution in [2.45, 2.75) is 12.5 Å². The van der Waals surface area contributed by atoms with Gasteiger partial charge in [-0.15, -0.1) is 0 Å². The van der Waals surface area contributed by atoms with Gasteiger partial charge in [0.2, 0.25) is 5.91 Å². The van der Waals surface area contributed by atoms with Crippen molar-refractivity contribution >= 4 is 28.8 Å². The Morgan fingerprint density at radius 2 is 1.92 bits per heavy atom. The molecule has 134 valence electrons. The van der Waals surface area contributed by atoms with Gasteiger partial charge in [0.25, 0.3) is 0 Å². The van der Waals surface area contributed by atoms with Crippen LogP contribution in [0.2, 0.25) is 5.02 Å². The van der Waals surface area contributed by atoms with Gasteiger partial charge in [-0.3, -0.25) is 9.69 Å². The molecule has 1 aliphatic heterocycles. The summed E-state index contributed by atoms with van der Waals surface area (Å²) in [4.78, 5) is 17.2. The molecule has 6 heteroatoms. The molecule has 0 unspecified atom stereocenters. The second-order valence-corrected chi connectivity index (χ2v) is 7.74. The lowest BCUT2D eigenvalue weighted by Gasteiger charge is -2.38. The number of halogens is 1. The van der Waals surface area contributed by atoms with E-state index >= 15 is 0 Å². The molecule has 1 aromatic heterocycles. The Morgan fingerprint density at radius 1 is 1.20 bits per heavy atom. The molecule has 1 saturated heterocycles. The molecule has 0 spiro atoms. The van der Waals surface area contributed by atoms with E-state index in [9.17, 15) is 4.79 Å². The highest BCUT2D eigenvalue weighted by Gasteiger charge is 2.24. The number of carbonyl (C=O) groups is 1. The van der Waals surface area contributed by atoms with Crippen LogP contribution in [0.4, 0.5) is 0 Å². The second kappa shape index (κ2) is 8.81. The molecular weight excluding hydrogens is 354 g/mol. The number of rotatable bonds is 6. The quantitative estimate of drug-likeness (QED) is 0.840. The van der Waals surface area contributed by atoms with Gasteiger partial charge in [-0.25, -0.2) is 0 Å². The number of piperazine rings is 1. The fourth-order valence-corrected chi connectivity index (χ4v) is 3.95. The van der Waals surface area contributed by atoms with Gasteiger partial charge in [0.15, 0.2) is 0 Å². The van der Waals surface area contributed by atoms with E-state index in [-0.39, 0.29) is 11.9 Å². The highest BCUT2D eigenvalue weighted by atomic mass is 35.5. The van der Waals surface area contributed by atoms with E-state index < -0.39 is 0 Å². The molecule has 2 heterocycles. The van der Waals surface area contributed by atoms with Gasteiger partial charge in [-0.2, -0.15) is 11.3 Å². The molecule has 0 radical (unpaired) electrons. The number of thiophene rings is 1. The Labute approximate surface area is 158 Å². The van der Waals surface area contributed by atoms with Gasteiger partial charge in [0, 0.05) is 37.7 Å². The molecule has 1 atom stereocenters. The zero-order valence-corrected chi connectivity index (χ0v) is 16.0. The number of carbonyl (C=O) groups excluding carboxylic acids is 1. The van der Waals surface area contributed by atoms with E-state index in [0.717, 1.165) is 31.7 Å². The van der Waals surface area contributed by atoms with Crippen LogP contribution in [0.3, 0.4) is 0 Å². The Balaban J connectivity index is 1.58. The SMILES string of the molecule is CN1CCN([C@H](CNC(=O)Cc2ccc(Cl)cc2)c2ccsc2)CC1. The topological polar surface area (TPSA) is 35.6 Å². The van der Waals surface area contributed by atoms with E-state index in [2.05, 4.69) is 39.0 Å². The number of hydrogen-bond acceptors (Lipinski definition) is 4. The molecular formula is C19H24ClN3OS. The van der Waals surface area contributed by atoms with E-state index in [1.807, 2.05) is 24.3 Å². The minimum absolute atomic E-state index is 0.0525. The Morgan fingerprint density at radius 3 is 2.56 bits per heavy atom. The lowest BCUT2D eigenvalue weighted by Crippen LogP contribution is -2.48. The summed E-state index contributed by atoms with van der Waals surface area (Å²) >= 11 is 7.60. The van der Waals surface area contributed by atoms with Crippen LogP contribution in [0, 0.1) is 0 Å². The van der Waals surface area contributed by atoms with Crippen LogP contribution in [0.15, 0.2) is 41.1 Å². The zero-order chi connectivity index (χ0) is 17.6. The molecule has 2 aromatic rings. The van der Waals surface area contributed by atoms with Crippen LogP contribution in [-0.4, -0.2) is 55.5 Å². The monoisotopic (exact) mass is 377 g/mol. The van der Waals surface area contributed by atoms with Crippen LogP contribution in [0.25, 0.3) is 0 Å². The first-order valence-electron chi connectivity index (χ1n) is 8.57. The predicted molar refractivity (Wildman–Crippen MR) is 104 cm³/mol. The van der Waals surface area contributed by atoms with Gasteiger partial charge in [0.1, 0.15) is 0 Å². The van der Waals surface area contributed by atoms with Crippen molar-refractivity contribution in [1.82, 2.24) is 15.1 Å². The summed E-state index contributed by atoms with van der Waals surface area (Å²) in [6.45, 7) is 4.85. The van der Waals surface area contributed by atoms with Crippen molar-refractivity contribution in [3.63, 3.8) is 0 Å². The van der Waals surface area contributed by atoms with Gasteiger partial charge >= 0.3 is 0 Å². The largest absolute Gasteiger partial charge is 0.354 e. The summed E-state index contributed by atoms with van der Waals surface area (Å²) in [5, 5.41) is 8.11. The lowest BCUT2D eigenvalue weighted by molar-refractivity contribution is -0.120. The maximum Gasteiger partial charge on any atom is 0.224 e. The van der Waals surface area contributed by atoms with Crippen LogP contribution < -0.4 is 5.32 Å². The molecule has 1 aliphatic rings. The number of nitrogens with one attached hydrogen (secondary N) is 1.